The molecule has 0 aliphatic heterocycles. The molecule has 0 fully saturated rings. The van der Waals surface area contributed by atoms with E-state index in [0.29, 0.717) is 0 Å². The van der Waals surface area contributed by atoms with Crippen molar-refractivity contribution in [2.45, 2.75) is 26.2 Å². The predicted molar refractivity (Wildman–Crippen MR) is 94.9 cm³/mol. The molecule has 2 heteroatoms. The lowest BCUT2D eigenvalue weighted by Gasteiger charge is -2.26. The number of benzene rings is 2. The van der Waals surface area contributed by atoms with Crippen LogP contribution in [0.3, 0.4) is 0 Å². The maximum absolute atomic E-state index is 4.59. The topological polar surface area (TPSA) is 4.93 Å². The monoisotopic (exact) mass is 295 g/mol. The number of fused-ring (bicyclic) bond motifs is 1. The second-order valence-electron chi connectivity index (χ2n) is 6.20. The first-order valence-electron chi connectivity index (χ1n) is 7.33. The standard InChI is InChI=1S/C19H21NS/c1-14-16-11-7-8-12-17(16)20(15-9-5-4-6-10-15)18(14)19(2,3)13-21/h4-12,21H,13H2,1-3H3. The van der Waals surface area contributed by atoms with Crippen LogP contribution in [0.25, 0.3) is 16.6 Å². The van der Waals surface area contributed by atoms with E-state index in [4.69, 9.17) is 0 Å². The second kappa shape index (κ2) is 5.27. The fraction of sp³-hybridized carbons (Fsp3) is 0.263. The maximum Gasteiger partial charge on any atom is 0.0534 e. The van der Waals surface area contributed by atoms with E-state index in [2.05, 4.69) is 92.6 Å². The molecule has 1 nitrogen and oxygen atoms in total. The molecule has 21 heavy (non-hydrogen) atoms. The van der Waals surface area contributed by atoms with Crippen molar-refractivity contribution in [1.82, 2.24) is 4.57 Å². The molecule has 0 spiro atoms. The summed E-state index contributed by atoms with van der Waals surface area (Å²) in [6.45, 7) is 6.75. The van der Waals surface area contributed by atoms with Crippen molar-refractivity contribution in [2.24, 2.45) is 0 Å². The van der Waals surface area contributed by atoms with Gasteiger partial charge in [-0.2, -0.15) is 12.6 Å². The molecule has 0 bridgehead atoms. The number of hydrogen-bond donors (Lipinski definition) is 1. The maximum atomic E-state index is 4.59. The van der Waals surface area contributed by atoms with Crippen molar-refractivity contribution < 1.29 is 0 Å². The van der Waals surface area contributed by atoms with Crippen LogP contribution in [0, 0.1) is 6.92 Å². The summed E-state index contributed by atoms with van der Waals surface area (Å²) in [5.41, 5.74) is 5.21. The fourth-order valence-corrected chi connectivity index (χ4v) is 3.28. The lowest BCUT2D eigenvalue weighted by Crippen LogP contribution is -2.24. The van der Waals surface area contributed by atoms with Gasteiger partial charge in [-0.3, -0.25) is 0 Å². The molecule has 0 unspecified atom stereocenters. The lowest BCUT2D eigenvalue weighted by molar-refractivity contribution is 0.568. The minimum absolute atomic E-state index is 0.0159. The highest BCUT2D eigenvalue weighted by Crippen LogP contribution is 2.37. The normalized spacial score (nSPS) is 12.0. The molecule has 0 aliphatic rings. The molecule has 1 heterocycles. The van der Waals surface area contributed by atoms with Crippen LogP contribution in [-0.4, -0.2) is 10.3 Å². The number of thiol groups is 1. The van der Waals surface area contributed by atoms with Crippen molar-refractivity contribution in [1.29, 1.82) is 0 Å². The summed E-state index contributed by atoms with van der Waals surface area (Å²) in [7, 11) is 0. The van der Waals surface area contributed by atoms with Gasteiger partial charge in [0.1, 0.15) is 0 Å². The van der Waals surface area contributed by atoms with Gasteiger partial charge in [-0.1, -0.05) is 50.2 Å². The molecule has 0 saturated heterocycles. The first kappa shape index (κ1) is 14.3. The summed E-state index contributed by atoms with van der Waals surface area (Å²) in [6, 6.07) is 19.2. The molecule has 0 aliphatic carbocycles. The van der Waals surface area contributed by atoms with Gasteiger partial charge in [0.25, 0.3) is 0 Å². The van der Waals surface area contributed by atoms with Crippen LogP contribution in [-0.2, 0) is 5.41 Å². The highest BCUT2D eigenvalue weighted by atomic mass is 32.1. The quantitative estimate of drug-likeness (QED) is 0.638. The minimum Gasteiger partial charge on any atom is -0.313 e. The molecule has 0 N–H and O–H groups in total. The Morgan fingerprint density at radius 3 is 2.24 bits per heavy atom. The van der Waals surface area contributed by atoms with Crippen LogP contribution in [0.4, 0.5) is 0 Å². The van der Waals surface area contributed by atoms with Crippen molar-refractivity contribution in [3.63, 3.8) is 0 Å². The molecule has 0 saturated carbocycles. The van der Waals surface area contributed by atoms with Gasteiger partial charge in [-0.25, -0.2) is 0 Å². The van der Waals surface area contributed by atoms with Crippen molar-refractivity contribution in [2.75, 3.05) is 5.75 Å². The van der Waals surface area contributed by atoms with Crippen LogP contribution in [0.1, 0.15) is 25.1 Å². The van der Waals surface area contributed by atoms with Crippen molar-refractivity contribution in [3.8, 4) is 5.69 Å². The van der Waals surface area contributed by atoms with E-state index in [-0.39, 0.29) is 5.41 Å². The average Bonchev–Trinajstić information content (AvgIpc) is 2.82. The van der Waals surface area contributed by atoms with E-state index in [9.17, 15) is 0 Å². The third-order valence-corrected chi connectivity index (χ3v) is 4.97. The Morgan fingerprint density at radius 2 is 1.57 bits per heavy atom. The van der Waals surface area contributed by atoms with Gasteiger partial charge in [-0.15, -0.1) is 0 Å². The number of para-hydroxylation sites is 2. The highest BCUT2D eigenvalue weighted by molar-refractivity contribution is 7.80. The summed E-state index contributed by atoms with van der Waals surface area (Å²) >= 11 is 4.59. The number of rotatable bonds is 3. The molecule has 0 amide bonds. The molecule has 2 aromatic carbocycles. The van der Waals surface area contributed by atoms with E-state index in [1.54, 1.807) is 0 Å². The number of aromatic nitrogens is 1. The van der Waals surface area contributed by atoms with Gasteiger partial charge in [0.15, 0.2) is 0 Å². The van der Waals surface area contributed by atoms with Gasteiger partial charge in [0.05, 0.1) is 5.52 Å². The first-order valence-corrected chi connectivity index (χ1v) is 7.96. The Morgan fingerprint density at radius 1 is 0.952 bits per heavy atom. The Labute approximate surface area is 132 Å². The van der Waals surface area contributed by atoms with Gasteiger partial charge in [0, 0.05) is 27.9 Å². The minimum atomic E-state index is 0.0159. The van der Waals surface area contributed by atoms with Gasteiger partial charge < -0.3 is 4.57 Å². The number of nitrogens with zero attached hydrogens (tertiary/aromatic N) is 1. The summed E-state index contributed by atoms with van der Waals surface area (Å²) in [5.74, 6) is 0.816. The average molecular weight is 295 g/mol. The van der Waals surface area contributed by atoms with Crippen LogP contribution < -0.4 is 0 Å². The molecule has 1 aromatic heterocycles. The summed E-state index contributed by atoms with van der Waals surface area (Å²) in [6.07, 6.45) is 0. The SMILES string of the molecule is Cc1c(C(C)(C)CS)n(-c2ccccc2)c2ccccc12. The molecule has 3 rings (SSSR count). The predicted octanol–water partition coefficient (Wildman–Crippen LogP) is 5.15. The fourth-order valence-electron chi connectivity index (χ4n) is 3.13. The largest absolute Gasteiger partial charge is 0.313 e. The third-order valence-electron chi connectivity index (χ3n) is 4.18. The van der Waals surface area contributed by atoms with Crippen LogP contribution >= 0.6 is 12.6 Å². The van der Waals surface area contributed by atoms with Gasteiger partial charge in [-0.05, 0) is 30.7 Å². The van der Waals surface area contributed by atoms with E-state index in [1.807, 2.05) is 0 Å². The van der Waals surface area contributed by atoms with Crippen LogP contribution in [0.2, 0.25) is 0 Å². The number of aryl methyl sites for hydroxylation is 1. The molecule has 108 valence electrons. The summed E-state index contributed by atoms with van der Waals surface area (Å²) in [4.78, 5) is 0. The van der Waals surface area contributed by atoms with E-state index >= 15 is 0 Å². The molecule has 3 aromatic rings. The highest BCUT2D eigenvalue weighted by Gasteiger charge is 2.28. The van der Waals surface area contributed by atoms with Gasteiger partial charge in [0.2, 0.25) is 0 Å². The van der Waals surface area contributed by atoms with E-state index in [0.717, 1.165) is 5.75 Å². The molecular formula is C19H21NS. The Hall–Kier alpha value is -1.67. The van der Waals surface area contributed by atoms with Gasteiger partial charge >= 0.3 is 0 Å². The third kappa shape index (κ3) is 2.28. The Balaban J connectivity index is 2.43. The molecule has 0 atom stereocenters. The zero-order chi connectivity index (χ0) is 15.0. The zero-order valence-electron chi connectivity index (χ0n) is 12.8. The smallest absolute Gasteiger partial charge is 0.0534 e. The molecular weight excluding hydrogens is 274 g/mol. The first-order chi connectivity index (χ1) is 10.1. The summed E-state index contributed by atoms with van der Waals surface area (Å²) in [5, 5.41) is 1.33. The lowest BCUT2D eigenvalue weighted by atomic mass is 9.88. The second-order valence-corrected chi connectivity index (χ2v) is 6.52. The van der Waals surface area contributed by atoms with Crippen LogP contribution in [0.15, 0.2) is 54.6 Å². The number of hydrogen-bond acceptors (Lipinski definition) is 1. The Kier molecular flexibility index (Phi) is 3.58. The van der Waals surface area contributed by atoms with Crippen LogP contribution in [0.5, 0.6) is 0 Å². The van der Waals surface area contributed by atoms with E-state index in [1.165, 1.54) is 27.8 Å². The Bertz CT molecular complexity index is 769. The summed E-state index contributed by atoms with van der Waals surface area (Å²) < 4.78 is 2.39. The van der Waals surface area contributed by atoms with Crippen molar-refractivity contribution in [3.05, 3.63) is 65.9 Å². The van der Waals surface area contributed by atoms with E-state index < -0.39 is 0 Å². The molecule has 0 radical (unpaired) electrons. The zero-order valence-corrected chi connectivity index (χ0v) is 13.7. The van der Waals surface area contributed by atoms with Crippen molar-refractivity contribution >= 4 is 23.5 Å².